The number of nitrogens with one attached hydrogen (secondary N) is 2. The lowest BCUT2D eigenvalue weighted by atomic mass is 10.0. The Morgan fingerprint density at radius 2 is 2.13 bits per heavy atom. The molecule has 0 saturated carbocycles. The minimum absolute atomic E-state index is 0.0897. The molecule has 15 heavy (non-hydrogen) atoms. The lowest BCUT2D eigenvalue weighted by Gasteiger charge is -2.20. The molecule has 0 aromatic carbocycles. The molecule has 1 heterocycles. The van der Waals surface area contributed by atoms with Gasteiger partial charge in [0.2, 0.25) is 5.91 Å². The van der Waals surface area contributed by atoms with Gasteiger partial charge in [0.25, 0.3) is 0 Å². The average molecular weight is 214 g/mol. The summed E-state index contributed by atoms with van der Waals surface area (Å²) in [4.78, 5) is 22.3. The molecule has 0 spiro atoms. The molecule has 0 aliphatic carbocycles. The van der Waals surface area contributed by atoms with Gasteiger partial charge in [0.05, 0.1) is 12.0 Å². The third kappa shape index (κ3) is 3.20. The van der Waals surface area contributed by atoms with E-state index in [1.54, 1.807) is 13.8 Å². The van der Waals surface area contributed by atoms with Crippen molar-refractivity contribution in [2.24, 2.45) is 5.92 Å². The third-order valence-electron chi connectivity index (χ3n) is 2.89. The fourth-order valence-corrected chi connectivity index (χ4v) is 1.57. The van der Waals surface area contributed by atoms with Gasteiger partial charge in [0, 0.05) is 6.04 Å². The Bertz CT molecular complexity index is 249. The summed E-state index contributed by atoms with van der Waals surface area (Å²) < 4.78 is 0. The quantitative estimate of drug-likeness (QED) is 0.614. The molecule has 1 aliphatic heterocycles. The van der Waals surface area contributed by atoms with Crippen molar-refractivity contribution in [1.82, 2.24) is 10.6 Å². The maximum atomic E-state index is 11.6. The van der Waals surface area contributed by atoms with Crippen LogP contribution in [0.3, 0.4) is 0 Å². The topological polar surface area (TPSA) is 78.4 Å². The summed E-state index contributed by atoms with van der Waals surface area (Å²) in [5, 5.41) is 14.6. The van der Waals surface area contributed by atoms with Gasteiger partial charge in [-0.25, -0.2) is 0 Å². The molecule has 5 nitrogen and oxygen atoms in total. The van der Waals surface area contributed by atoms with Crippen LogP contribution in [0.5, 0.6) is 0 Å². The van der Waals surface area contributed by atoms with E-state index in [0.717, 1.165) is 19.4 Å². The van der Waals surface area contributed by atoms with Gasteiger partial charge in [-0.05, 0) is 33.2 Å². The van der Waals surface area contributed by atoms with E-state index in [-0.39, 0.29) is 18.0 Å². The number of hydrogen-bond acceptors (Lipinski definition) is 3. The molecule has 86 valence electrons. The zero-order valence-corrected chi connectivity index (χ0v) is 9.12. The van der Waals surface area contributed by atoms with Crippen molar-refractivity contribution < 1.29 is 14.7 Å². The van der Waals surface area contributed by atoms with E-state index in [1.165, 1.54) is 0 Å². The van der Waals surface area contributed by atoms with Gasteiger partial charge < -0.3 is 15.7 Å². The van der Waals surface area contributed by atoms with Crippen LogP contribution in [0.1, 0.15) is 26.7 Å². The van der Waals surface area contributed by atoms with Crippen molar-refractivity contribution in [2.45, 2.75) is 38.8 Å². The molecule has 1 rings (SSSR count). The van der Waals surface area contributed by atoms with Gasteiger partial charge in [-0.1, -0.05) is 0 Å². The SMILES string of the molecule is CC(NC(=O)C1CCCN1)C(C)C(=O)O. The largest absolute Gasteiger partial charge is 0.481 e. The Hall–Kier alpha value is -1.10. The smallest absolute Gasteiger partial charge is 0.308 e. The van der Waals surface area contributed by atoms with Gasteiger partial charge in [0.15, 0.2) is 0 Å². The van der Waals surface area contributed by atoms with Crippen molar-refractivity contribution in [1.29, 1.82) is 0 Å². The summed E-state index contributed by atoms with van der Waals surface area (Å²) in [5.41, 5.74) is 0. The number of rotatable bonds is 4. The van der Waals surface area contributed by atoms with Crippen LogP contribution in [0.2, 0.25) is 0 Å². The lowest BCUT2D eigenvalue weighted by Crippen LogP contribution is -2.47. The lowest BCUT2D eigenvalue weighted by molar-refractivity contribution is -0.142. The number of amides is 1. The molecule has 3 N–H and O–H groups in total. The first-order valence-electron chi connectivity index (χ1n) is 5.29. The third-order valence-corrected chi connectivity index (χ3v) is 2.89. The molecule has 1 amide bonds. The van der Waals surface area contributed by atoms with Gasteiger partial charge in [0.1, 0.15) is 0 Å². The van der Waals surface area contributed by atoms with Crippen LogP contribution >= 0.6 is 0 Å². The number of carboxylic acid groups (broad SMARTS) is 1. The van der Waals surface area contributed by atoms with E-state index in [2.05, 4.69) is 10.6 Å². The average Bonchev–Trinajstić information content (AvgIpc) is 2.68. The maximum Gasteiger partial charge on any atom is 0.308 e. The van der Waals surface area contributed by atoms with Crippen LogP contribution < -0.4 is 10.6 Å². The molecule has 0 bridgehead atoms. The van der Waals surface area contributed by atoms with Gasteiger partial charge in [-0.3, -0.25) is 9.59 Å². The second-order valence-electron chi connectivity index (χ2n) is 4.07. The minimum Gasteiger partial charge on any atom is -0.481 e. The monoisotopic (exact) mass is 214 g/mol. The molecule has 3 atom stereocenters. The minimum atomic E-state index is -0.887. The highest BCUT2D eigenvalue weighted by atomic mass is 16.4. The molecule has 0 aromatic rings. The van der Waals surface area contributed by atoms with Crippen molar-refractivity contribution in [3.8, 4) is 0 Å². The van der Waals surface area contributed by atoms with Crippen molar-refractivity contribution in [2.75, 3.05) is 6.54 Å². The van der Waals surface area contributed by atoms with Crippen LogP contribution in [-0.2, 0) is 9.59 Å². The van der Waals surface area contributed by atoms with Gasteiger partial charge in [-0.15, -0.1) is 0 Å². The van der Waals surface area contributed by atoms with Crippen molar-refractivity contribution in [3.63, 3.8) is 0 Å². The fraction of sp³-hybridized carbons (Fsp3) is 0.800. The van der Waals surface area contributed by atoms with E-state index in [4.69, 9.17) is 5.11 Å². The Morgan fingerprint density at radius 3 is 2.60 bits per heavy atom. The molecule has 3 unspecified atom stereocenters. The normalized spacial score (nSPS) is 24.5. The molecular formula is C10H18N2O3. The Labute approximate surface area is 89.2 Å². The van der Waals surface area contributed by atoms with Crippen LogP contribution in [0, 0.1) is 5.92 Å². The van der Waals surface area contributed by atoms with Crippen LogP contribution in [-0.4, -0.2) is 35.6 Å². The van der Waals surface area contributed by atoms with Crippen LogP contribution in [0.15, 0.2) is 0 Å². The van der Waals surface area contributed by atoms with E-state index >= 15 is 0 Å². The van der Waals surface area contributed by atoms with Gasteiger partial charge >= 0.3 is 5.97 Å². The van der Waals surface area contributed by atoms with Crippen molar-refractivity contribution in [3.05, 3.63) is 0 Å². The van der Waals surface area contributed by atoms with Gasteiger partial charge in [-0.2, -0.15) is 0 Å². The second kappa shape index (κ2) is 5.11. The maximum absolute atomic E-state index is 11.6. The highest BCUT2D eigenvalue weighted by Crippen LogP contribution is 2.07. The second-order valence-corrected chi connectivity index (χ2v) is 4.07. The predicted octanol–water partition coefficient (Wildman–Crippen LogP) is -0.0362. The molecule has 1 fully saturated rings. The first-order valence-corrected chi connectivity index (χ1v) is 5.29. The fourth-order valence-electron chi connectivity index (χ4n) is 1.57. The standard InChI is InChI=1S/C10H18N2O3/c1-6(10(14)15)7(2)12-9(13)8-4-3-5-11-8/h6-8,11H,3-5H2,1-2H3,(H,12,13)(H,14,15). The van der Waals surface area contributed by atoms with E-state index in [0.29, 0.717) is 0 Å². The first-order chi connectivity index (χ1) is 7.02. The van der Waals surface area contributed by atoms with Crippen LogP contribution in [0.4, 0.5) is 0 Å². The highest BCUT2D eigenvalue weighted by molar-refractivity contribution is 5.83. The van der Waals surface area contributed by atoms with E-state index < -0.39 is 11.9 Å². The number of carbonyl (C=O) groups is 2. The van der Waals surface area contributed by atoms with E-state index in [9.17, 15) is 9.59 Å². The molecule has 5 heteroatoms. The number of aliphatic carboxylic acids is 1. The molecular weight excluding hydrogens is 196 g/mol. The molecule has 0 aromatic heterocycles. The number of hydrogen-bond donors (Lipinski definition) is 3. The Balaban J connectivity index is 2.39. The molecule has 0 radical (unpaired) electrons. The van der Waals surface area contributed by atoms with Crippen LogP contribution in [0.25, 0.3) is 0 Å². The highest BCUT2D eigenvalue weighted by Gasteiger charge is 2.26. The Morgan fingerprint density at radius 1 is 1.47 bits per heavy atom. The van der Waals surface area contributed by atoms with Crippen molar-refractivity contribution >= 4 is 11.9 Å². The summed E-state index contributed by atoms with van der Waals surface area (Å²) in [5.74, 6) is -1.54. The zero-order chi connectivity index (χ0) is 11.4. The van der Waals surface area contributed by atoms with E-state index in [1.807, 2.05) is 0 Å². The molecule has 1 saturated heterocycles. The summed E-state index contributed by atoms with van der Waals surface area (Å²) in [6, 6.07) is -0.481. The Kier molecular flexibility index (Phi) is 4.08. The number of carbonyl (C=O) groups excluding carboxylic acids is 1. The molecule has 1 aliphatic rings. The summed E-state index contributed by atoms with van der Waals surface area (Å²) >= 11 is 0. The summed E-state index contributed by atoms with van der Waals surface area (Å²) in [6.07, 6.45) is 1.83. The number of carboxylic acids is 1. The first kappa shape index (κ1) is 12.0. The summed E-state index contributed by atoms with van der Waals surface area (Å²) in [6.45, 7) is 4.17. The summed E-state index contributed by atoms with van der Waals surface area (Å²) in [7, 11) is 0. The zero-order valence-electron chi connectivity index (χ0n) is 9.12. The predicted molar refractivity (Wildman–Crippen MR) is 55.4 cm³/mol.